The fourth-order valence-electron chi connectivity index (χ4n) is 1.93. The highest BCUT2D eigenvalue weighted by Gasteiger charge is 2.13. The van der Waals surface area contributed by atoms with Gasteiger partial charge in [-0.1, -0.05) is 12.1 Å². The van der Waals surface area contributed by atoms with Gasteiger partial charge in [0.2, 0.25) is 5.91 Å². The second kappa shape index (κ2) is 8.14. The van der Waals surface area contributed by atoms with Crippen LogP contribution in [-0.2, 0) is 16.1 Å². The van der Waals surface area contributed by atoms with Crippen LogP contribution in [0.1, 0.15) is 20.8 Å². The summed E-state index contributed by atoms with van der Waals surface area (Å²) in [5.41, 5.74) is 1.11. The number of carbonyl (C=O) groups excluding carboxylic acids is 2. The van der Waals surface area contributed by atoms with Gasteiger partial charge in [-0.3, -0.25) is 4.79 Å². The van der Waals surface area contributed by atoms with E-state index in [1.807, 2.05) is 17.5 Å². The van der Waals surface area contributed by atoms with Crippen LogP contribution in [0.15, 0.2) is 41.8 Å². The molecule has 0 unspecified atom stereocenters. The van der Waals surface area contributed by atoms with Crippen LogP contribution in [0.3, 0.4) is 0 Å². The van der Waals surface area contributed by atoms with Gasteiger partial charge >= 0.3 is 5.97 Å². The van der Waals surface area contributed by atoms with Crippen LogP contribution in [-0.4, -0.2) is 26.1 Å². The molecule has 5 nitrogen and oxygen atoms in total. The largest absolute Gasteiger partial charge is 0.496 e. The lowest BCUT2D eigenvalue weighted by Crippen LogP contribution is -2.20. The minimum Gasteiger partial charge on any atom is -0.496 e. The lowest BCUT2D eigenvalue weighted by atomic mass is 10.1. The summed E-state index contributed by atoms with van der Waals surface area (Å²) in [6.45, 7) is 0.307. The fourth-order valence-corrected chi connectivity index (χ4v) is 2.54. The molecular formula is C17H17NO4S. The smallest absolute Gasteiger partial charge is 0.341 e. The molecule has 1 N–H and O–H groups in total. The van der Waals surface area contributed by atoms with Crippen LogP contribution in [0.5, 0.6) is 5.75 Å². The quantitative estimate of drug-likeness (QED) is 0.653. The molecule has 1 aromatic heterocycles. The number of methoxy groups -OCH3 is 2. The number of hydrogen-bond donors (Lipinski definition) is 1. The Hall–Kier alpha value is -2.60. The van der Waals surface area contributed by atoms with E-state index in [2.05, 4.69) is 5.32 Å². The number of nitrogens with one attached hydrogen (secondary N) is 1. The first-order chi connectivity index (χ1) is 11.1. The van der Waals surface area contributed by atoms with Crippen molar-refractivity contribution in [1.82, 2.24) is 5.32 Å². The van der Waals surface area contributed by atoms with Gasteiger partial charge in [0.15, 0.2) is 0 Å². The van der Waals surface area contributed by atoms with Crippen molar-refractivity contribution in [3.8, 4) is 5.75 Å². The topological polar surface area (TPSA) is 64.6 Å². The second-order valence-electron chi connectivity index (χ2n) is 4.59. The van der Waals surface area contributed by atoms with Gasteiger partial charge in [-0.05, 0) is 35.2 Å². The molecule has 0 saturated heterocycles. The Bertz CT molecular complexity index is 707. The number of thiophene rings is 1. The van der Waals surface area contributed by atoms with Gasteiger partial charge in [0.25, 0.3) is 0 Å². The van der Waals surface area contributed by atoms with Gasteiger partial charge in [-0.2, -0.15) is 0 Å². The zero-order chi connectivity index (χ0) is 16.7. The molecule has 1 amide bonds. The lowest BCUT2D eigenvalue weighted by Gasteiger charge is -2.09. The summed E-state index contributed by atoms with van der Waals surface area (Å²) in [4.78, 5) is 24.5. The van der Waals surface area contributed by atoms with Crippen LogP contribution in [0.4, 0.5) is 0 Å². The second-order valence-corrected chi connectivity index (χ2v) is 5.57. The highest BCUT2D eigenvalue weighted by atomic mass is 32.1. The van der Waals surface area contributed by atoms with E-state index >= 15 is 0 Å². The van der Waals surface area contributed by atoms with Crippen LogP contribution >= 0.6 is 11.3 Å². The van der Waals surface area contributed by atoms with Gasteiger partial charge < -0.3 is 14.8 Å². The van der Waals surface area contributed by atoms with Crippen molar-refractivity contribution in [2.75, 3.05) is 14.2 Å². The van der Waals surface area contributed by atoms with Crippen LogP contribution in [0.2, 0.25) is 0 Å². The van der Waals surface area contributed by atoms with Crippen molar-refractivity contribution in [3.05, 3.63) is 57.8 Å². The number of carbonyl (C=O) groups is 2. The maximum Gasteiger partial charge on any atom is 0.341 e. The Kier molecular flexibility index (Phi) is 5.94. The summed E-state index contributed by atoms with van der Waals surface area (Å²) in [7, 11) is 2.80. The molecule has 120 valence electrons. The Labute approximate surface area is 138 Å². The number of hydrogen-bond acceptors (Lipinski definition) is 5. The molecule has 2 aromatic rings. The highest BCUT2D eigenvalue weighted by Crippen LogP contribution is 2.20. The van der Waals surface area contributed by atoms with Crippen LogP contribution in [0.25, 0.3) is 6.08 Å². The Morgan fingerprint density at radius 1 is 1.26 bits per heavy atom. The summed E-state index contributed by atoms with van der Waals surface area (Å²) in [5, 5.41) is 4.72. The molecule has 23 heavy (non-hydrogen) atoms. The first kappa shape index (κ1) is 16.8. The monoisotopic (exact) mass is 331 g/mol. The van der Waals surface area contributed by atoms with E-state index in [1.54, 1.807) is 35.6 Å². The summed E-state index contributed by atoms with van der Waals surface area (Å²) >= 11 is 1.56. The zero-order valence-corrected chi connectivity index (χ0v) is 13.7. The third-order valence-corrected chi connectivity index (χ3v) is 3.92. The molecule has 0 fully saturated rings. The average Bonchev–Trinajstić information content (AvgIpc) is 3.10. The predicted octanol–water partition coefficient (Wildman–Crippen LogP) is 2.87. The summed E-state index contributed by atoms with van der Waals surface area (Å²) in [5.74, 6) is -0.244. The molecular weight excluding hydrogens is 314 g/mol. The SMILES string of the molecule is COC(=O)c1cc(CNC(=O)/C=C/c2cccs2)ccc1OC. The number of esters is 1. The van der Waals surface area contributed by atoms with Crippen molar-refractivity contribution < 1.29 is 19.1 Å². The molecule has 0 saturated carbocycles. The van der Waals surface area contributed by atoms with Gasteiger partial charge in [0.05, 0.1) is 14.2 Å². The third kappa shape index (κ3) is 4.69. The molecule has 6 heteroatoms. The molecule has 0 radical (unpaired) electrons. The highest BCUT2D eigenvalue weighted by molar-refractivity contribution is 7.10. The summed E-state index contributed by atoms with van der Waals surface area (Å²) in [6, 6.07) is 8.96. The fraction of sp³-hybridized carbons (Fsp3) is 0.176. The molecule has 2 rings (SSSR count). The first-order valence-electron chi connectivity index (χ1n) is 6.88. The maximum atomic E-state index is 11.8. The molecule has 0 aliphatic rings. The Morgan fingerprint density at radius 2 is 2.09 bits per heavy atom. The van der Waals surface area contributed by atoms with Crippen LogP contribution < -0.4 is 10.1 Å². The van der Waals surface area contributed by atoms with E-state index in [1.165, 1.54) is 20.3 Å². The number of rotatable bonds is 6. The van der Waals surface area contributed by atoms with Crippen LogP contribution in [0, 0.1) is 0 Å². The molecule has 0 atom stereocenters. The van der Waals surface area contributed by atoms with Crippen molar-refractivity contribution >= 4 is 29.3 Å². The molecule has 1 heterocycles. The van der Waals surface area contributed by atoms with Crippen molar-refractivity contribution in [2.45, 2.75) is 6.54 Å². The predicted molar refractivity (Wildman–Crippen MR) is 89.5 cm³/mol. The summed E-state index contributed by atoms with van der Waals surface area (Å²) < 4.78 is 9.85. The molecule has 0 aliphatic heterocycles. The first-order valence-corrected chi connectivity index (χ1v) is 7.76. The van der Waals surface area contributed by atoms with Gasteiger partial charge in [-0.25, -0.2) is 4.79 Å². The Balaban J connectivity index is 2.00. The van der Waals surface area contributed by atoms with E-state index in [0.29, 0.717) is 17.9 Å². The maximum absolute atomic E-state index is 11.8. The Morgan fingerprint density at radius 3 is 2.74 bits per heavy atom. The molecule has 1 aromatic carbocycles. The van der Waals surface area contributed by atoms with E-state index < -0.39 is 5.97 Å². The van der Waals surface area contributed by atoms with Crippen molar-refractivity contribution in [1.29, 1.82) is 0 Å². The van der Waals surface area contributed by atoms with E-state index in [9.17, 15) is 9.59 Å². The van der Waals surface area contributed by atoms with E-state index in [0.717, 1.165) is 10.4 Å². The average molecular weight is 331 g/mol. The number of amides is 1. The van der Waals surface area contributed by atoms with Crippen molar-refractivity contribution in [2.24, 2.45) is 0 Å². The normalized spacial score (nSPS) is 10.5. The van der Waals surface area contributed by atoms with Crippen molar-refractivity contribution in [3.63, 3.8) is 0 Å². The van der Waals surface area contributed by atoms with Gasteiger partial charge in [0.1, 0.15) is 11.3 Å². The van der Waals surface area contributed by atoms with E-state index in [4.69, 9.17) is 9.47 Å². The third-order valence-electron chi connectivity index (χ3n) is 3.08. The standard InChI is InChI=1S/C17H17NO4S/c1-21-15-7-5-12(10-14(15)17(20)22-2)11-18-16(19)8-6-13-4-3-9-23-13/h3-10H,11H2,1-2H3,(H,18,19)/b8-6+. The molecule has 0 bridgehead atoms. The van der Waals surface area contributed by atoms with Gasteiger partial charge in [-0.15, -0.1) is 11.3 Å². The number of benzene rings is 1. The number of ether oxygens (including phenoxy) is 2. The lowest BCUT2D eigenvalue weighted by molar-refractivity contribution is -0.116. The summed E-state index contributed by atoms with van der Waals surface area (Å²) in [6.07, 6.45) is 3.24. The van der Waals surface area contributed by atoms with E-state index in [-0.39, 0.29) is 5.91 Å². The molecule has 0 aliphatic carbocycles. The molecule has 0 spiro atoms. The zero-order valence-electron chi connectivity index (χ0n) is 12.9. The van der Waals surface area contributed by atoms with Gasteiger partial charge in [0, 0.05) is 17.5 Å². The minimum absolute atomic E-state index is 0.200. The minimum atomic E-state index is -0.479.